The van der Waals surface area contributed by atoms with Gasteiger partial charge in [-0.25, -0.2) is 4.98 Å². The second-order valence-electron chi connectivity index (χ2n) is 6.50. The van der Waals surface area contributed by atoms with E-state index in [0.29, 0.717) is 29.2 Å². The lowest BCUT2D eigenvalue weighted by Gasteiger charge is -2.19. The molecule has 7 heteroatoms. The van der Waals surface area contributed by atoms with E-state index in [-0.39, 0.29) is 0 Å². The minimum Gasteiger partial charge on any atom is -0.493 e. The largest absolute Gasteiger partial charge is 0.493 e. The van der Waals surface area contributed by atoms with Crippen LogP contribution in [0.15, 0.2) is 12.1 Å². The fourth-order valence-corrected chi connectivity index (χ4v) is 3.29. The topological polar surface area (TPSA) is 76.7 Å². The van der Waals surface area contributed by atoms with Gasteiger partial charge in [-0.3, -0.25) is 0 Å². The quantitative estimate of drug-likeness (QED) is 0.892. The van der Waals surface area contributed by atoms with Crippen LogP contribution in [0.4, 0.5) is 11.8 Å². The highest BCUT2D eigenvalue weighted by atomic mass is 16.5. The maximum Gasteiger partial charge on any atom is 0.227 e. The third-order valence-electron chi connectivity index (χ3n) is 4.41. The number of aromatic nitrogens is 2. The third-order valence-corrected chi connectivity index (χ3v) is 4.41. The summed E-state index contributed by atoms with van der Waals surface area (Å²) in [6, 6.07) is 3.68. The van der Waals surface area contributed by atoms with Crippen molar-refractivity contribution < 1.29 is 9.47 Å². The molecule has 2 heterocycles. The number of rotatable bonds is 5. The van der Waals surface area contributed by atoms with Crippen molar-refractivity contribution in [1.82, 2.24) is 14.9 Å². The first-order chi connectivity index (χ1) is 11.5. The minimum atomic E-state index is 0.465. The number of nitrogens with zero attached hydrogens (tertiary/aromatic N) is 4. The molecular formula is C17H25N5O2. The third kappa shape index (κ3) is 3.17. The van der Waals surface area contributed by atoms with Crippen molar-refractivity contribution in [3.05, 3.63) is 12.1 Å². The molecule has 1 aromatic carbocycles. The lowest BCUT2D eigenvalue weighted by atomic mass is 10.1. The van der Waals surface area contributed by atoms with E-state index in [1.54, 1.807) is 14.2 Å². The van der Waals surface area contributed by atoms with Crippen LogP contribution < -0.4 is 20.1 Å². The van der Waals surface area contributed by atoms with E-state index in [0.717, 1.165) is 37.0 Å². The molecular weight excluding hydrogens is 306 g/mol. The van der Waals surface area contributed by atoms with Gasteiger partial charge >= 0.3 is 0 Å². The van der Waals surface area contributed by atoms with E-state index in [2.05, 4.69) is 28.9 Å². The van der Waals surface area contributed by atoms with E-state index in [9.17, 15) is 0 Å². The molecule has 0 bridgehead atoms. The van der Waals surface area contributed by atoms with Crippen LogP contribution in [0.1, 0.15) is 6.42 Å². The van der Waals surface area contributed by atoms with E-state index >= 15 is 0 Å². The summed E-state index contributed by atoms with van der Waals surface area (Å²) in [4.78, 5) is 13.6. The molecule has 0 spiro atoms. The van der Waals surface area contributed by atoms with Crippen LogP contribution in [0.3, 0.4) is 0 Å². The first-order valence-corrected chi connectivity index (χ1v) is 8.10. The summed E-state index contributed by atoms with van der Waals surface area (Å²) in [6.45, 7) is 2.98. The number of methoxy groups -OCH3 is 2. The van der Waals surface area contributed by atoms with Crippen LogP contribution in [-0.2, 0) is 0 Å². The summed E-state index contributed by atoms with van der Waals surface area (Å²) < 4.78 is 10.7. The van der Waals surface area contributed by atoms with Crippen molar-refractivity contribution >= 4 is 22.7 Å². The Balaban J connectivity index is 1.93. The molecule has 2 N–H and O–H groups in total. The number of hydrogen-bond donors (Lipinski definition) is 1. The van der Waals surface area contributed by atoms with E-state index in [4.69, 9.17) is 20.2 Å². The SMILES string of the molecule is COc1cc2nc(N3CCC(CN(C)C)C3)nc(N)c2cc1OC. The molecule has 0 aliphatic carbocycles. The molecule has 1 aromatic heterocycles. The van der Waals surface area contributed by atoms with Crippen molar-refractivity contribution in [2.24, 2.45) is 5.92 Å². The molecule has 1 saturated heterocycles. The van der Waals surface area contributed by atoms with Crippen LogP contribution >= 0.6 is 0 Å². The Labute approximate surface area is 142 Å². The lowest BCUT2D eigenvalue weighted by molar-refractivity contribution is 0.340. The van der Waals surface area contributed by atoms with Crippen LogP contribution in [0.25, 0.3) is 10.9 Å². The summed E-state index contributed by atoms with van der Waals surface area (Å²) in [5, 5.41) is 0.778. The van der Waals surface area contributed by atoms with Crippen LogP contribution in [0.5, 0.6) is 11.5 Å². The highest BCUT2D eigenvalue weighted by Gasteiger charge is 2.25. The number of nitrogen functional groups attached to an aromatic ring is 1. The predicted octanol–water partition coefficient (Wildman–Crippen LogP) is 1.62. The Bertz CT molecular complexity index is 734. The van der Waals surface area contributed by atoms with E-state index < -0.39 is 0 Å². The predicted molar refractivity (Wildman–Crippen MR) is 95.9 cm³/mol. The standard InChI is InChI=1S/C17H25N5O2/c1-21(2)9-11-5-6-22(10-11)17-19-13-8-15(24-4)14(23-3)7-12(13)16(18)20-17/h7-8,11H,5-6,9-10H2,1-4H3,(H2,18,19,20). The molecule has 0 amide bonds. The number of ether oxygens (including phenoxy) is 2. The van der Waals surface area contributed by atoms with Gasteiger partial charge in [0.1, 0.15) is 5.82 Å². The first-order valence-electron chi connectivity index (χ1n) is 8.10. The molecule has 0 saturated carbocycles. The monoisotopic (exact) mass is 331 g/mol. The summed E-state index contributed by atoms with van der Waals surface area (Å²) in [7, 11) is 7.42. The van der Waals surface area contributed by atoms with Gasteiger partial charge < -0.3 is 25.0 Å². The van der Waals surface area contributed by atoms with Crippen molar-refractivity contribution in [2.45, 2.75) is 6.42 Å². The zero-order chi connectivity index (χ0) is 17.3. The second-order valence-corrected chi connectivity index (χ2v) is 6.50. The lowest BCUT2D eigenvalue weighted by Crippen LogP contribution is -2.26. The highest BCUT2D eigenvalue weighted by molar-refractivity contribution is 5.91. The molecule has 1 atom stereocenters. The van der Waals surface area contributed by atoms with E-state index in [1.165, 1.54) is 0 Å². The molecule has 0 radical (unpaired) electrons. The van der Waals surface area contributed by atoms with Gasteiger partial charge in [-0.2, -0.15) is 4.98 Å². The Kier molecular flexibility index (Phi) is 4.62. The van der Waals surface area contributed by atoms with Crippen molar-refractivity contribution in [1.29, 1.82) is 0 Å². The van der Waals surface area contributed by atoms with Crippen molar-refractivity contribution in [3.8, 4) is 11.5 Å². The van der Waals surface area contributed by atoms with E-state index in [1.807, 2.05) is 12.1 Å². The molecule has 2 aromatic rings. The molecule has 130 valence electrons. The first kappa shape index (κ1) is 16.6. The fourth-order valence-electron chi connectivity index (χ4n) is 3.29. The number of fused-ring (bicyclic) bond motifs is 1. The van der Waals surface area contributed by atoms with Crippen molar-refractivity contribution in [3.63, 3.8) is 0 Å². The fraction of sp³-hybridized carbons (Fsp3) is 0.529. The van der Waals surface area contributed by atoms with Gasteiger partial charge in [0.05, 0.1) is 19.7 Å². The van der Waals surface area contributed by atoms with Crippen LogP contribution in [0, 0.1) is 5.92 Å². The Hall–Kier alpha value is -2.28. The van der Waals surface area contributed by atoms with Gasteiger partial charge in [-0.1, -0.05) is 0 Å². The molecule has 1 fully saturated rings. The number of benzene rings is 1. The van der Waals surface area contributed by atoms with Gasteiger partial charge in [0, 0.05) is 31.1 Å². The van der Waals surface area contributed by atoms with Gasteiger partial charge in [0.2, 0.25) is 5.95 Å². The zero-order valence-electron chi connectivity index (χ0n) is 14.7. The molecule has 1 aliphatic rings. The minimum absolute atomic E-state index is 0.465. The maximum absolute atomic E-state index is 6.17. The maximum atomic E-state index is 6.17. The molecule has 7 nitrogen and oxygen atoms in total. The summed E-state index contributed by atoms with van der Waals surface area (Å²) in [6.07, 6.45) is 1.14. The average molecular weight is 331 g/mol. The highest BCUT2D eigenvalue weighted by Crippen LogP contribution is 2.34. The summed E-state index contributed by atoms with van der Waals surface area (Å²) in [5.74, 6) is 3.05. The zero-order valence-corrected chi connectivity index (χ0v) is 14.7. The van der Waals surface area contributed by atoms with Crippen LogP contribution in [0.2, 0.25) is 0 Å². The average Bonchev–Trinajstić information content (AvgIpc) is 3.01. The van der Waals surface area contributed by atoms with Crippen molar-refractivity contribution in [2.75, 3.05) is 58.6 Å². The van der Waals surface area contributed by atoms with Crippen LogP contribution in [-0.4, -0.2) is 62.8 Å². The van der Waals surface area contributed by atoms with Gasteiger partial charge in [0.15, 0.2) is 11.5 Å². The number of anilines is 2. The molecule has 1 aliphatic heterocycles. The Morgan fingerprint density at radius 1 is 1.21 bits per heavy atom. The Morgan fingerprint density at radius 2 is 1.92 bits per heavy atom. The van der Waals surface area contributed by atoms with Gasteiger partial charge in [-0.05, 0) is 32.5 Å². The Morgan fingerprint density at radius 3 is 2.58 bits per heavy atom. The summed E-state index contributed by atoms with van der Waals surface area (Å²) in [5.41, 5.74) is 6.94. The molecule has 24 heavy (non-hydrogen) atoms. The van der Waals surface area contributed by atoms with Gasteiger partial charge in [-0.15, -0.1) is 0 Å². The molecule has 1 unspecified atom stereocenters. The second kappa shape index (κ2) is 6.68. The summed E-state index contributed by atoms with van der Waals surface area (Å²) >= 11 is 0. The molecule has 3 rings (SSSR count). The number of hydrogen-bond acceptors (Lipinski definition) is 7. The van der Waals surface area contributed by atoms with Gasteiger partial charge in [0.25, 0.3) is 0 Å². The smallest absolute Gasteiger partial charge is 0.227 e. The number of nitrogens with two attached hydrogens (primary N) is 1. The normalized spacial score (nSPS) is 17.7.